The van der Waals surface area contributed by atoms with Crippen LogP contribution in [-0.4, -0.2) is 47.0 Å². The molecule has 1 rings (SSSR count). The molecule has 3 amide bonds. The molecular formula is C26H43N3O4. The molecule has 0 bridgehead atoms. The standard InChI is InChI=1S/C26H43N3O4/c1-10-11-12-15-27-23(30)22(21-16-18(4)13-14-19(21)5)29(17(2)3)24(31)20(6)28-25(32)33-26(7,8)9/h13-14,16-17,20,22H,10-12,15H2,1-9H3,(H,27,30)(H,28,32). The highest BCUT2D eigenvalue weighted by Gasteiger charge is 2.36. The number of carbonyl (C=O) groups excluding carboxylic acids is 3. The molecule has 2 N–H and O–H groups in total. The van der Waals surface area contributed by atoms with Gasteiger partial charge in [0.1, 0.15) is 17.7 Å². The number of benzene rings is 1. The lowest BCUT2D eigenvalue weighted by atomic mass is 9.95. The third-order valence-corrected chi connectivity index (χ3v) is 5.25. The Bertz CT molecular complexity index is 814. The first-order valence-electron chi connectivity index (χ1n) is 11.9. The van der Waals surface area contributed by atoms with E-state index in [0.717, 1.165) is 36.0 Å². The first-order chi connectivity index (χ1) is 15.3. The van der Waals surface area contributed by atoms with E-state index in [-0.39, 0.29) is 17.9 Å². The van der Waals surface area contributed by atoms with Crippen LogP contribution in [0.2, 0.25) is 0 Å². The largest absolute Gasteiger partial charge is 0.444 e. The molecule has 0 saturated heterocycles. The Labute approximate surface area is 199 Å². The van der Waals surface area contributed by atoms with E-state index in [1.807, 2.05) is 45.9 Å². The van der Waals surface area contributed by atoms with E-state index in [1.54, 1.807) is 32.6 Å². The Morgan fingerprint density at radius 2 is 1.70 bits per heavy atom. The van der Waals surface area contributed by atoms with Gasteiger partial charge in [-0.05, 0) is 72.9 Å². The maximum Gasteiger partial charge on any atom is 0.408 e. The minimum absolute atomic E-state index is 0.216. The number of hydrogen-bond donors (Lipinski definition) is 2. The van der Waals surface area contributed by atoms with Crippen molar-refractivity contribution < 1.29 is 19.1 Å². The summed E-state index contributed by atoms with van der Waals surface area (Å²) in [5.41, 5.74) is 2.05. The molecule has 2 atom stereocenters. The topological polar surface area (TPSA) is 87.7 Å². The van der Waals surface area contributed by atoms with Crippen LogP contribution in [-0.2, 0) is 14.3 Å². The molecular weight excluding hydrogens is 418 g/mol. The quantitative estimate of drug-likeness (QED) is 0.490. The van der Waals surface area contributed by atoms with Gasteiger partial charge < -0.3 is 20.3 Å². The number of carbonyl (C=O) groups is 3. The van der Waals surface area contributed by atoms with Gasteiger partial charge in [-0.2, -0.15) is 0 Å². The van der Waals surface area contributed by atoms with Crippen LogP contribution in [0.5, 0.6) is 0 Å². The number of ether oxygens (including phenoxy) is 1. The van der Waals surface area contributed by atoms with Crippen LogP contribution in [0.3, 0.4) is 0 Å². The lowest BCUT2D eigenvalue weighted by Crippen LogP contribution is -2.54. The Morgan fingerprint density at radius 3 is 2.24 bits per heavy atom. The molecule has 0 saturated carbocycles. The van der Waals surface area contributed by atoms with Gasteiger partial charge in [-0.25, -0.2) is 4.79 Å². The van der Waals surface area contributed by atoms with Crippen LogP contribution in [0.15, 0.2) is 18.2 Å². The average Bonchev–Trinajstić information content (AvgIpc) is 2.68. The van der Waals surface area contributed by atoms with Crippen molar-refractivity contribution in [3.8, 4) is 0 Å². The number of rotatable bonds is 10. The maximum atomic E-state index is 13.6. The summed E-state index contributed by atoms with van der Waals surface area (Å²) in [7, 11) is 0. The third kappa shape index (κ3) is 9.06. The number of amides is 3. The second-order valence-electron chi connectivity index (χ2n) is 9.97. The Morgan fingerprint density at radius 1 is 1.06 bits per heavy atom. The molecule has 0 heterocycles. The molecule has 7 nitrogen and oxygen atoms in total. The van der Waals surface area contributed by atoms with E-state index in [2.05, 4.69) is 17.6 Å². The van der Waals surface area contributed by atoms with E-state index >= 15 is 0 Å². The van der Waals surface area contributed by atoms with Crippen molar-refractivity contribution in [2.24, 2.45) is 0 Å². The number of unbranched alkanes of at least 4 members (excludes halogenated alkanes) is 2. The van der Waals surface area contributed by atoms with Gasteiger partial charge in [0.05, 0.1) is 0 Å². The normalized spacial score (nSPS) is 13.3. The smallest absolute Gasteiger partial charge is 0.408 e. The van der Waals surface area contributed by atoms with Gasteiger partial charge in [0, 0.05) is 12.6 Å². The maximum absolute atomic E-state index is 13.6. The molecule has 0 radical (unpaired) electrons. The molecule has 0 aliphatic heterocycles. The molecule has 33 heavy (non-hydrogen) atoms. The predicted octanol–water partition coefficient (Wildman–Crippen LogP) is 4.80. The highest BCUT2D eigenvalue weighted by atomic mass is 16.6. The monoisotopic (exact) mass is 461 g/mol. The van der Waals surface area contributed by atoms with E-state index in [0.29, 0.717) is 6.54 Å². The molecule has 1 aromatic rings. The fraction of sp³-hybridized carbons (Fsp3) is 0.654. The molecule has 186 valence electrons. The molecule has 0 aliphatic rings. The van der Waals surface area contributed by atoms with Gasteiger partial charge in [-0.15, -0.1) is 0 Å². The first kappa shape index (κ1) is 28.5. The summed E-state index contributed by atoms with van der Waals surface area (Å²) in [4.78, 5) is 40.8. The fourth-order valence-electron chi connectivity index (χ4n) is 3.60. The molecule has 0 fully saturated rings. The Kier molecular flexibility index (Phi) is 10.9. The Hall–Kier alpha value is -2.57. The summed E-state index contributed by atoms with van der Waals surface area (Å²) in [6.07, 6.45) is 2.30. The number of aryl methyl sites for hydroxylation is 2. The van der Waals surface area contributed by atoms with E-state index in [9.17, 15) is 14.4 Å². The van der Waals surface area contributed by atoms with Crippen molar-refractivity contribution in [2.45, 2.75) is 105 Å². The second kappa shape index (κ2) is 12.6. The molecule has 7 heteroatoms. The van der Waals surface area contributed by atoms with Crippen molar-refractivity contribution >= 4 is 17.9 Å². The zero-order valence-electron chi connectivity index (χ0n) is 21.9. The molecule has 2 unspecified atom stereocenters. The van der Waals surface area contributed by atoms with Gasteiger partial charge in [-0.3, -0.25) is 9.59 Å². The number of nitrogens with one attached hydrogen (secondary N) is 2. The summed E-state index contributed by atoms with van der Waals surface area (Å²) in [6, 6.07) is 3.98. The van der Waals surface area contributed by atoms with E-state index in [1.165, 1.54) is 0 Å². The van der Waals surface area contributed by atoms with E-state index in [4.69, 9.17) is 4.74 Å². The summed E-state index contributed by atoms with van der Waals surface area (Å²) >= 11 is 0. The minimum Gasteiger partial charge on any atom is -0.444 e. The highest BCUT2D eigenvalue weighted by molar-refractivity contribution is 5.92. The van der Waals surface area contributed by atoms with Crippen LogP contribution >= 0.6 is 0 Å². The van der Waals surface area contributed by atoms with Gasteiger partial charge in [-0.1, -0.05) is 43.5 Å². The number of alkyl carbamates (subject to hydrolysis) is 1. The van der Waals surface area contributed by atoms with Crippen LogP contribution in [0.1, 0.15) is 90.5 Å². The van der Waals surface area contributed by atoms with Gasteiger partial charge in [0.25, 0.3) is 0 Å². The average molecular weight is 462 g/mol. The molecule has 0 aromatic heterocycles. The van der Waals surface area contributed by atoms with Crippen molar-refractivity contribution in [1.29, 1.82) is 0 Å². The van der Waals surface area contributed by atoms with Crippen LogP contribution in [0.4, 0.5) is 4.79 Å². The van der Waals surface area contributed by atoms with Gasteiger partial charge in [0.15, 0.2) is 0 Å². The SMILES string of the molecule is CCCCCNC(=O)C(c1cc(C)ccc1C)N(C(=O)C(C)NC(=O)OC(C)(C)C)C(C)C. The third-order valence-electron chi connectivity index (χ3n) is 5.25. The van der Waals surface area contributed by atoms with Crippen molar-refractivity contribution in [2.75, 3.05) is 6.54 Å². The summed E-state index contributed by atoms with van der Waals surface area (Å²) in [5.74, 6) is -0.559. The fourth-order valence-corrected chi connectivity index (χ4v) is 3.60. The zero-order valence-corrected chi connectivity index (χ0v) is 21.9. The number of nitrogens with zero attached hydrogens (tertiary/aromatic N) is 1. The lowest BCUT2D eigenvalue weighted by Gasteiger charge is -2.37. The van der Waals surface area contributed by atoms with Gasteiger partial charge >= 0.3 is 6.09 Å². The van der Waals surface area contributed by atoms with Crippen LogP contribution < -0.4 is 10.6 Å². The first-order valence-corrected chi connectivity index (χ1v) is 11.9. The van der Waals surface area contributed by atoms with Crippen molar-refractivity contribution in [3.63, 3.8) is 0 Å². The minimum atomic E-state index is -0.859. The van der Waals surface area contributed by atoms with Crippen molar-refractivity contribution in [1.82, 2.24) is 15.5 Å². The second-order valence-corrected chi connectivity index (χ2v) is 9.97. The molecule has 0 aliphatic carbocycles. The zero-order chi connectivity index (χ0) is 25.3. The van der Waals surface area contributed by atoms with Gasteiger partial charge in [0.2, 0.25) is 11.8 Å². The highest BCUT2D eigenvalue weighted by Crippen LogP contribution is 2.28. The summed E-state index contributed by atoms with van der Waals surface area (Å²) in [5, 5.41) is 5.64. The summed E-state index contributed by atoms with van der Waals surface area (Å²) < 4.78 is 5.30. The molecule has 0 spiro atoms. The summed E-state index contributed by atoms with van der Waals surface area (Å²) in [6.45, 7) is 17.2. The predicted molar refractivity (Wildman–Crippen MR) is 132 cm³/mol. The van der Waals surface area contributed by atoms with Crippen LogP contribution in [0.25, 0.3) is 0 Å². The molecule has 1 aromatic carbocycles. The van der Waals surface area contributed by atoms with E-state index < -0.39 is 23.8 Å². The number of hydrogen-bond acceptors (Lipinski definition) is 4. The Balaban J connectivity index is 3.29. The van der Waals surface area contributed by atoms with Crippen molar-refractivity contribution in [3.05, 3.63) is 34.9 Å². The van der Waals surface area contributed by atoms with Crippen LogP contribution in [0, 0.1) is 13.8 Å². The lowest BCUT2D eigenvalue weighted by molar-refractivity contribution is -0.144.